The number of thiazole rings is 1. The van der Waals surface area contributed by atoms with Crippen LogP contribution in [0.4, 0.5) is 0 Å². The van der Waals surface area contributed by atoms with Gasteiger partial charge in [-0.1, -0.05) is 6.92 Å². The second kappa shape index (κ2) is 5.18. The Bertz CT molecular complexity index is 754. The van der Waals surface area contributed by atoms with Crippen LogP contribution < -0.4 is 0 Å². The molecule has 0 spiro atoms. The van der Waals surface area contributed by atoms with Gasteiger partial charge in [0.05, 0.1) is 18.1 Å². The molecule has 0 amide bonds. The number of imidazole rings is 1. The van der Waals surface area contributed by atoms with E-state index in [0.717, 1.165) is 39.8 Å². The summed E-state index contributed by atoms with van der Waals surface area (Å²) in [5, 5.41) is 7.65. The number of nitrogens with zero attached hydrogens (tertiary/aromatic N) is 5. The van der Waals surface area contributed by atoms with Crippen LogP contribution in [0.1, 0.15) is 29.1 Å². The molecule has 0 saturated carbocycles. The van der Waals surface area contributed by atoms with E-state index in [9.17, 15) is 0 Å². The minimum absolute atomic E-state index is 0.391. The summed E-state index contributed by atoms with van der Waals surface area (Å²) in [6.45, 7) is 4.79. The van der Waals surface area contributed by atoms with Crippen LogP contribution in [0.5, 0.6) is 0 Å². The largest absolute Gasteiger partial charge is 0.305 e. The molecule has 3 heterocycles. The lowest BCUT2D eigenvalue weighted by Gasteiger charge is -2.05. The molecule has 0 bridgehead atoms. The van der Waals surface area contributed by atoms with Gasteiger partial charge in [0.15, 0.2) is 5.65 Å². The average molecular weight is 310 g/mol. The van der Waals surface area contributed by atoms with Crippen LogP contribution in [0.25, 0.3) is 11.2 Å². The summed E-state index contributed by atoms with van der Waals surface area (Å²) in [5.41, 5.74) is 4.04. The highest BCUT2D eigenvalue weighted by atomic mass is 35.5. The molecule has 0 radical (unpaired) electrons. The molecule has 3 rings (SSSR count). The second-order valence-electron chi connectivity index (χ2n) is 4.73. The Labute approximate surface area is 126 Å². The van der Waals surface area contributed by atoms with Crippen LogP contribution in [0.15, 0.2) is 5.38 Å². The van der Waals surface area contributed by atoms with Crippen molar-refractivity contribution in [2.75, 3.05) is 0 Å². The van der Waals surface area contributed by atoms with Gasteiger partial charge >= 0.3 is 0 Å². The van der Waals surface area contributed by atoms with Crippen LogP contribution >= 0.6 is 22.9 Å². The van der Waals surface area contributed by atoms with Crippen LogP contribution in [-0.4, -0.2) is 24.3 Å². The molecule has 3 aromatic heterocycles. The molecule has 0 N–H and O–H groups in total. The Morgan fingerprint density at radius 3 is 2.75 bits per heavy atom. The van der Waals surface area contributed by atoms with Crippen molar-refractivity contribution in [3.8, 4) is 0 Å². The van der Waals surface area contributed by atoms with Gasteiger partial charge in [-0.15, -0.1) is 22.9 Å². The van der Waals surface area contributed by atoms with Crippen molar-refractivity contribution < 1.29 is 0 Å². The molecule has 0 atom stereocenters. The highest BCUT2D eigenvalue weighted by molar-refractivity contribution is 7.09. The van der Waals surface area contributed by atoms with Gasteiger partial charge in [0.25, 0.3) is 0 Å². The summed E-state index contributed by atoms with van der Waals surface area (Å²) in [6.07, 6.45) is 0.867. The standard InChI is InChI=1S/C13H16ClN5S/c1-4-9-12-13(18(3)17-9)19(10(5-14)16-12)6-11-15-8(2)7-20-11/h7H,4-6H2,1-3H3. The smallest absolute Gasteiger partial charge is 0.159 e. The van der Waals surface area contributed by atoms with Gasteiger partial charge in [-0.2, -0.15) is 5.10 Å². The number of fused-ring (bicyclic) bond motifs is 1. The molecular weight excluding hydrogens is 294 g/mol. The quantitative estimate of drug-likeness (QED) is 0.696. The SMILES string of the molecule is CCc1nn(C)c2c1nc(CCl)n2Cc1nc(C)cs1. The predicted molar refractivity (Wildman–Crippen MR) is 81.4 cm³/mol. The number of aryl methyl sites for hydroxylation is 3. The summed E-state index contributed by atoms with van der Waals surface area (Å²) in [6, 6.07) is 0. The lowest BCUT2D eigenvalue weighted by Crippen LogP contribution is -2.07. The molecule has 7 heteroatoms. The maximum Gasteiger partial charge on any atom is 0.159 e. The third-order valence-electron chi connectivity index (χ3n) is 3.28. The summed E-state index contributed by atoms with van der Waals surface area (Å²) in [7, 11) is 1.95. The first kappa shape index (κ1) is 13.6. The normalized spacial score (nSPS) is 11.6. The van der Waals surface area contributed by atoms with Gasteiger partial charge in [0, 0.05) is 18.1 Å². The summed E-state index contributed by atoms with van der Waals surface area (Å²) in [5.74, 6) is 1.26. The topological polar surface area (TPSA) is 48.5 Å². The predicted octanol–water partition coefficient (Wildman–Crippen LogP) is 2.88. The van der Waals surface area contributed by atoms with Crippen LogP contribution in [-0.2, 0) is 25.9 Å². The lowest BCUT2D eigenvalue weighted by molar-refractivity contribution is 0.695. The maximum absolute atomic E-state index is 6.05. The van der Waals surface area contributed by atoms with Crippen LogP contribution in [0.3, 0.4) is 0 Å². The monoisotopic (exact) mass is 309 g/mol. The second-order valence-corrected chi connectivity index (χ2v) is 5.94. The van der Waals surface area contributed by atoms with Gasteiger partial charge in [-0.3, -0.25) is 4.68 Å². The third kappa shape index (κ3) is 2.13. The van der Waals surface area contributed by atoms with Gasteiger partial charge in [-0.05, 0) is 13.3 Å². The molecule has 0 aliphatic rings. The number of halogens is 1. The number of aromatic nitrogens is 5. The zero-order chi connectivity index (χ0) is 14.3. The van der Waals surface area contributed by atoms with Gasteiger partial charge in [0.1, 0.15) is 16.3 Å². The van der Waals surface area contributed by atoms with E-state index in [-0.39, 0.29) is 0 Å². The van der Waals surface area contributed by atoms with E-state index in [4.69, 9.17) is 11.6 Å². The van der Waals surface area contributed by atoms with Crippen LogP contribution in [0, 0.1) is 6.92 Å². The Balaban J connectivity index is 2.14. The van der Waals surface area contributed by atoms with Crippen molar-refractivity contribution in [3.05, 3.63) is 27.6 Å². The molecule has 0 aliphatic carbocycles. The Hall–Kier alpha value is -1.40. The van der Waals surface area contributed by atoms with Gasteiger partial charge < -0.3 is 4.57 Å². The number of rotatable bonds is 4. The van der Waals surface area contributed by atoms with Gasteiger partial charge in [0.2, 0.25) is 0 Å². The maximum atomic E-state index is 6.05. The van der Waals surface area contributed by atoms with Crippen molar-refractivity contribution in [2.24, 2.45) is 7.05 Å². The Kier molecular flexibility index (Phi) is 3.52. The number of hydrogen-bond acceptors (Lipinski definition) is 4. The lowest BCUT2D eigenvalue weighted by atomic mass is 10.3. The summed E-state index contributed by atoms with van der Waals surface area (Å²) in [4.78, 5) is 9.17. The zero-order valence-electron chi connectivity index (χ0n) is 11.7. The van der Waals surface area contributed by atoms with Crippen molar-refractivity contribution in [2.45, 2.75) is 32.7 Å². The van der Waals surface area contributed by atoms with Crippen molar-refractivity contribution in [1.29, 1.82) is 0 Å². The molecule has 20 heavy (non-hydrogen) atoms. The van der Waals surface area contributed by atoms with E-state index in [1.165, 1.54) is 0 Å². The average Bonchev–Trinajstić information content (AvgIpc) is 3.07. The molecule has 0 aliphatic heterocycles. The van der Waals surface area contributed by atoms with E-state index in [1.54, 1.807) is 11.3 Å². The van der Waals surface area contributed by atoms with E-state index >= 15 is 0 Å². The van der Waals surface area contributed by atoms with Crippen LogP contribution in [0.2, 0.25) is 0 Å². The molecule has 0 unspecified atom stereocenters. The minimum Gasteiger partial charge on any atom is -0.305 e. The first-order valence-corrected chi connectivity index (χ1v) is 7.93. The third-order valence-corrected chi connectivity index (χ3v) is 4.48. The summed E-state index contributed by atoms with van der Waals surface area (Å²) >= 11 is 7.71. The number of alkyl halides is 1. The fraction of sp³-hybridized carbons (Fsp3) is 0.462. The minimum atomic E-state index is 0.391. The molecule has 0 aromatic carbocycles. The van der Waals surface area contributed by atoms with E-state index in [0.29, 0.717) is 12.4 Å². The fourth-order valence-electron chi connectivity index (χ4n) is 2.40. The zero-order valence-corrected chi connectivity index (χ0v) is 13.3. The Morgan fingerprint density at radius 1 is 1.35 bits per heavy atom. The molecule has 106 valence electrons. The van der Waals surface area contributed by atoms with E-state index < -0.39 is 0 Å². The van der Waals surface area contributed by atoms with Crippen molar-refractivity contribution in [3.63, 3.8) is 0 Å². The molecule has 0 saturated heterocycles. The molecular formula is C13H16ClN5S. The van der Waals surface area contributed by atoms with Crippen molar-refractivity contribution in [1.82, 2.24) is 24.3 Å². The van der Waals surface area contributed by atoms with E-state index in [2.05, 4.69) is 31.9 Å². The fourth-order valence-corrected chi connectivity index (χ4v) is 3.37. The number of hydrogen-bond donors (Lipinski definition) is 0. The summed E-state index contributed by atoms with van der Waals surface area (Å²) < 4.78 is 4.00. The highest BCUT2D eigenvalue weighted by Crippen LogP contribution is 2.23. The molecule has 5 nitrogen and oxygen atoms in total. The van der Waals surface area contributed by atoms with E-state index in [1.807, 2.05) is 18.7 Å². The molecule has 0 fully saturated rings. The first-order chi connectivity index (χ1) is 9.63. The highest BCUT2D eigenvalue weighted by Gasteiger charge is 2.18. The molecule has 3 aromatic rings. The first-order valence-electron chi connectivity index (χ1n) is 6.52. The Morgan fingerprint density at radius 2 is 2.15 bits per heavy atom. The van der Waals surface area contributed by atoms with Gasteiger partial charge in [-0.25, -0.2) is 9.97 Å². The van der Waals surface area contributed by atoms with Crippen molar-refractivity contribution >= 4 is 34.1 Å².